The van der Waals surface area contributed by atoms with E-state index in [0.717, 1.165) is 12.1 Å². The van der Waals surface area contributed by atoms with E-state index in [4.69, 9.17) is 39.6 Å². The molecule has 0 aliphatic carbocycles. The smallest absolute Gasteiger partial charge is 0.374 e. The van der Waals surface area contributed by atoms with Crippen molar-refractivity contribution in [3.63, 3.8) is 0 Å². The molecule has 1 unspecified atom stereocenters. The summed E-state index contributed by atoms with van der Waals surface area (Å²) in [4.78, 5) is 21.8. The molecular weight excluding hydrogens is 526 g/mol. The van der Waals surface area contributed by atoms with E-state index < -0.39 is 18.2 Å². The van der Waals surface area contributed by atoms with Crippen molar-refractivity contribution in [1.29, 1.82) is 0 Å². The number of alkyl halides is 3. The predicted molar refractivity (Wildman–Crippen MR) is 128 cm³/mol. The minimum absolute atomic E-state index is 0.0485. The van der Waals surface area contributed by atoms with Crippen molar-refractivity contribution < 1.29 is 22.8 Å². The average molecular weight is 543 g/mol. The van der Waals surface area contributed by atoms with Gasteiger partial charge >= 0.3 is 6.18 Å². The second-order valence-corrected chi connectivity index (χ2v) is 9.28. The Labute approximate surface area is 213 Å². The van der Waals surface area contributed by atoms with Crippen LogP contribution in [0.3, 0.4) is 0 Å². The number of nitrogens with zero attached hydrogens (tertiary/aromatic N) is 2. The minimum atomic E-state index is -4.80. The third-order valence-electron chi connectivity index (χ3n) is 5.53. The first-order valence-electron chi connectivity index (χ1n) is 10.3. The third-order valence-corrected chi connectivity index (χ3v) is 6.20. The molecule has 4 rings (SSSR count). The number of amides is 1. The van der Waals surface area contributed by atoms with Crippen molar-refractivity contribution in [2.45, 2.75) is 31.7 Å². The summed E-state index contributed by atoms with van der Waals surface area (Å²) in [6, 6.07) is 11.6. The van der Waals surface area contributed by atoms with E-state index in [1.165, 1.54) is 24.4 Å². The van der Waals surface area contributed by atoms with Crippen LogP contribution in [0, 0.1) is 6.92 Å². The van der Waals surface area contributed by atoms with Crippen LogP contribution in [-0.4, -0.2) is 22.8 Å². The summed E-state index contributed by atoms with van der Waals surface area (Å²) in [7, 11) is 0. The van der Waals surface area contributed by atoms with Gasteiger partial charge in [-0.3, -0.25) is 9.78 Å². The van der Waals surface area contributed by atoms with Crippen molar-refractivity contribution >= 4 is 46.4 Å². The number of nitrogens with one attached hydrogen (secondary N) is 1. The van der Waals surface area contributed by atoms with Gasteiger partial charge in [0, 0.05) is 38.8 Å². The summed E-state index contributed by atoms with van der Waals surface area (Å²) in [5.41, 5.74) is -1.00. The summed E-state index contributed by atoms with van der Waals surface area (Å²) >= 11 is 17.8. The lowest BCUT2D eigenvalue weighted by Gasteiger charge is -2.29. The molecule has 0 radical (unpaired) electrons. The van der Waals surface area contributed by atoms with Crippen molar-refractivity contribution in [2.75, 3.05) is 0 Å². The van der Waals surface area contributed by atoms with Gasteiger partial charge in [-0.1, -0.05) is 46.0 Å². The number of rotatable bonds is 5. The first-order valence-corrected chi connectivity index (χ1v) is 11.4. The number of carbonyl (C=O) groups excluding carboxylic acids is 1. The fourth-order valence-corrected chi connectivity index (χ4v) is 4.46. The number of halogens is 6. The summed E-state index contributed by atoms with van der Waals surface area (Å²) in [6.45, 7) is 1.84. The van der Waals surface area contributed by atoms with Gasteiger partial charge < -0.3 is 10.2 Å². The molecule has 0 bridgehead atoms. The van der Waals surface area contributed by atoms with Crippen molar-refractivity contribution in [3.05, 3.63) is 97.7 Å². The van der Waals surface area contributed by atoms with Crippen molar-refractivity contribution in [1.82, 2.24) is 10.3 Å². The molecular formula is C24H17Cl3F3N3O2. The Morgan fingerprint density at radius 3 is 2.40 bits per heavy atom. The predicted octanol–water partition coefficient (Wildman–Crippen LogP) is 6.86. The van der Waals surface area contributed by atoms with E-state index in [1.807, 2.05) is 0 Å². The third kappa shape index (κ3) is 5.24. The maximum Gasteiger partial charge on any atom is 0.435 e. The highest BCUT2D eigenvalue weighted by Crippen LogP contribution is 2.49. The van der Waals surface area contributed by atoms with Crippen LogP contribution < -0.4 is 5.32 Å². The molecule has 0 saturated carbocycles. The Morgan fingerprint density at radius 2 is 1.77 bits per heavy atom. The Kier molecular flexibility index (Phi) is 6.99. The Hall–Kier alpha value is -2.81. The Balaban J connectivity index is 1.55. The summed E-state index contributed by atoms with van der Waals surface area (Å²) in [6.07, 6.45) is -3.85. The molecule has 2 aromatic carbocycles. The molecule has 5 nitrogen and oxygen atoms in total. The molecule has 1 atom stereocenters. The topological polar surface area (TPSA) is 63.6 Å². The van der Waals surface area contributed by atoms with Crippen LogP contribution in [0.1, 0.15) is 39.2 Å². The van der Waals surface area contributed by atoms with Gasteiger partial charge in [0.1, 0.15) is 0 Å². The quantitative estimate of drug-likeness (QED) is 0.383. The molecule has 182 valence electrons. The maximum atomic E-state index is 14.2. The zero-order chi connectivity index (χ0) is 25.4. The Morgan fingerprint density at radius 1 is 1.06 bits per heavy atom. The number of carbonyl (C=O) groups is 1. The van der Waals surface area contributed by atoms with E-state index in [-0.39, 0.29) is 33.8 Å². The number of aromatic nitrogens is 1. The number of hydrogen-bond acceptors (Lipinski definition) is 4. The summed E-state index contributed by atoms with van der Waals surface area (Å²) in [5, 5.41) is 7.10. The van der Waals surface area contributed by atoms with Gasteiger partial charge in [-0.15, -0.1) is 0 Å². The standard InChI is InChI=1S/C24H17Cl3F3N3O2/c1-13-6-14(2-3-20(13)22(34)32-12-19-10-16(25)4-5-31-19)21-11-23(35-33-21,24(28,29)30)15-7-17(26)9-18(27)8-15/h2-10H,11-12H2,1H3,(H,32,34). The number of pyridine rings is 1. The number of oxime groups is 1. The zero-order valence-electron chi connectivity index (χ0n) is 18.1. The molecule has 1 aliphatic heterocycles. The molecule has 1 N–H and O–H groups in total. The molecule has 1 aliphatic rings. The van der Waals surface area contributed by atoms with E-state index in [2.05, 4.69) is 15.5 Å². The fraction of sp³-hybridized carbons (Fsp3) is 0.208. The number of aryl methyl sites for hydroxylation is 1. The molecule has 1 aromatic heterocycles. The van der Waals surface area contributed by atoms with Gasteiger partial charge in [-0.25, -0.2) is 0 Å². The highest BCUT2D eigenvalue weighted by molar-refractivity contribution is 6.34. The van der Waals surface area contributed by atoms with Gasteiger partial charge in [0.05, 0.1) is 18.0 Å². The van der Waals surface area contributed by atoms with E-state index in [1.54, 1.807) is 25.1 Å². The normalized spacial score (nSPS) is 17.6. The number of benzene rings is 2. The molecule has 35 heavy (non-hydrogen) atoms. The minimum Gasteiger partial charge on any atom is -0.374 e. The lowest BCUT2D eigenvalue weighted by molar-refractivity contribution is -0.275. The van der Waals surface area contributed by atoms with E-state index >= 15 is 0 Å². The van der Waals surface area contributed by atoms with Crippen LogP contribution in [0.2, 0.25) is 15.1 Å². The number of hydrogen-bond donors (Lipinski definition) is 1. The largest absolute Gasteiger partial charge is 0.435 e. The van der Waals surface area contributed by atoms with Crippen LogP contribution in [0.4, 0.5) is 13.2 Å². The SMILES string of the molecule is Cc1cc(C2=NOC(c3cc(Cl)cc(Cl)c3)(C(F)(F)F)C2)ccc1C(=O)NCc1cc(Cl)ccn1. The molecule has 11 heteroatoms. The molecule has 2 heterocycles. The first-order chi connectivity index (χ1) is 16.5. The van der Waals surface area contributed by atoms with Gasteiger partial charge in [-0.05, 0) is 60.5 Å². The average Bonchev–Trinajstić information content (AvgIpc) is 3.24. The second kappa shape index (κ2) is 9.68. The monoisotopic (exact) mass is 541 g/mol. The lowest BCUT2D eigenvalue weighted by atomic mass is 9.86. The second-order valence-electron chi connectivity index (χ2n) is 7.97. The first kappa shape index (κ1) is 25.3. The highest BCUT2D eigenvalue weighted by Gasteiger charge is 2.62. The van der Waals surface area contributed by atoms with Crippen LogP contribution in [0.5, 0.6) is 0 Å². The maximum absolute atomic E-state index is 14.2. The Bertz CT molecular complexity index is 1310. The summed E-state index contributed by atoms with van der Waals surface area (Å²) in [5.74, 6) is -0.362. The van der Waals surface area contributed by atoms with E-state index in [0.29, 0.717) is 27.4 Å². The van der Waals surface area contributed by atoms with Gasteiger partial charge in [0.25, 0.3) is 11.5 Å². The lowest BCUT2D eigenvalue weighted by Crippen LogP contribution is -2.42. The molecule has 0 saturated heterocycles. The van der Waals surface area contributed by atoms with Gasteiger partial charge in [0.2, 0.25) is 0 Å². The van der Waals surface area contributed by atoms with Crippen LogP contribution in [-0.2, 0) is 17.0 Å². The molecule has 0 fully saturated rings. The van der Waals surface area contributed by atoms with Crippen molar-refractivity contribution in [2.24, 2.45) is 5.16 Å². The molecule has 1 amide bonds. The zero-order valence-corrected chi connectivity index (χ0v) is 20.4. The molecule has 3 aromatic rings. The van der Waals surface area contributed by atoms with Gasteiger partial charge in [0.15, 0.2) is 0 Å². The van der Waals surface area contributed by atoms with E-state index in [9.17, 15) is 18.0 Å². The fourth-order valence-electron chi connectivity index (χ4n) is 3.75. The van der Waals surface area contributed by atoms with Gasteiger partial charge in [-0.2, -0.15) is 13.2 Å². The van der Waals surface area contributed by atoms with Crippen LogP contribution in [0.25, 0.3) is 0 Å². The summed E-state index contributed by atoms with van der Waals surface area (Å²) < 4.78 is 42.6. The molecule has 0 spiro atoms. The van der Waals surface area contributed by atoms with Crippen LogP contribution in [0.15, 0.2) is 59.9 Å². The highest BCUT2D eigenvalue weighted by atomic mass is 35.5. The van der Waals surface area contributed by atoms with Crippen LogP contribution >= 0.6 is 34.8 Å². The van der Waals surface area contributed by atoms with Crippen molar-refractivity contribution in [3.8, 4) is 0 Å².